The highest BCUT2D eigenvalue weighted by atomic mass is 14.5. The first-order valence-electron chi connectivity index (χ1n) is 18.6. The topological polar surface area (TPSA) is 0 Å². The standard InChI is InChI=1S/C52H38/c1-51(2)45-29-44-46(30-43(45)49-39-19-11-9-17-37(39)41(27-47(49)51)35-23-21-31-13-5-7-15-33(31)25-35)52(3,4)48-28-42(38-18-10-12-20-40(38)50(44)48)36-24-22-32-14-6-8-16-34(32)26-36/h5-30H,1-4H3. The molecule has 9 aromatic carbocycles. The van der Waals surface area contributed by atoms with Gasteiger partial charge in [0.1, 0.15) is 0 Å². The minimum Gasteiger partial charge on any atom is -0.0616 e. The van der Waals surface area contributed by atoms with Crippen LogP contribution in [-0.2, 0) is 10.8 Å². The first kappa shape index (κ1) is 29.7. The average Bonchev–Trinajstić information content (AvgIpc) is 3.54. The zero-order chi connectivity index (χ0) is 34.9. The van der Waals surface area contributed by atoms with Gasteiger partial charge in [-0.05, 0) is 146 Å². The molecule has 9 aromatic rings. The molecule has 0 nitrogen and oxygen atoms in total. The summed E-state index contributed by atoms with van der Waals surface area (Å²) in [6.07, 6.45) is 0. The molecule has 2 aliphatic rings. The predicted molar refractivity (Wildman–Crippen MR) is 222 cm³/mol. The van der Waals surface area contributed by atoms with Gasteiger partial charge in [0.2, 0.25) is 0 Å². The van der Waals surface area contributed by atoms with Gasteiger partial charge in [0.25, 0.3) is 0 Å². The van der Waals surface area contributed by atoms with Gasteiger partial charge in [-0.15, -0.1) is 0 Å². The van der Waals surface area contributed by atoms with Crippen LogP contribution < -0.4 is 0 Å². The molecule has 0 unspecified atom stereocenters. The molecule has 52 heavy (non-hydrogen) atoms. The molecule has 0 saturated carbocycles. The molecule has 0 fully saturated rings. The summed E-state index contributed by atoms with van der Waals surface area (Å²) in [5.41, 5.74) is 16.1. The largest absolute Gasteiger partial charge is 0.0616 e. The predicted octanol–water partition coefficient (Wildman–Crippen LogP) is 14.2. The summed E-state index contributed by atoms with van der Waals surface area (Å²) in [7, 11) is 0. The van der Waals surface area contributed by atoms with E-state index in [1.165, 1.54) is 110 Å². The molecule has 0 spiro atoms. The van der Waals surface area contributed by atoms with Crippen LogP contribution in [0.15, 0.2) is 158 Å². The molecule has 0 atom stereocenters. The Bertz CT molecular complexity index is 2800. The maximum absolute atomic E-state index is 2.57. The van der Waals surface area contributed by atoms with Crippen molar-refractivity contribution in [3.05, 3.63) is 180 Å². The Labute approximate surface area is 305 Å². The zero-order valence-corrected chi connectivity index (χ0v) is 30.0. The Hall–Kier alpha value is -5.98. The van der Waals surface area contributed by atoms with Crippen molar-refractivity contribution in [1.82, 2.24) is 0 Å². The summed E-state index contributed by atoms with van der Waals surface area (Å²) < 4.78 is 0. The van der Waals surface area contributed by atoms with Crippen LogP contribution in [0.5, 0.6) is 0 Å². The van der Waals surface area contributed by atoms with E-state index in [2.05, 4.69) is 185 Å². The highest BCUT2D eigenvalue weighted by Crippen LogP contribution is 2.59. The van der Waals surface area contributed by atoms with E-state index >= 15 is 0 Å². The van der Waals surface area contributed by atoms with E-state index in [0.29, 0.717) is 0 Å². The Morgan fingerprint density at radius 3 is 1.06 bits per heavy atom. The lowest BCUT2D eigenvalue weighted by Gasteiger charge is -2.24. The van der Waals surface area contributed by atoms with E-state index in [1.807, 2.05) is 0 Å². The van der Waals surface area contributed by atoms with E-state index in [0.717, 1.165) is 0 Å². The molecular formula is C52H38. The summed E-state index contributed by atoms with van der Waals surface area (Å²) >= 11 is 0. The quantitative estimate of drug-likeness (QED) is 0.173. The summed E-state index contributed by atoms with van der Waals surface area (Å²) in [6.45, 7) is 9.74. The van der Waals surface area contributed by atoms with Crippen molar-refractivity contribution in [3.63, 3.8) is 0 Å². The second-order valence-corrected chi connectivity index (χ2v) is 16.1. The van der Waals surface area contributed by atoms with E-state index in [-0.39, 0.29) is 10.8 Å². The fourth-order valence-corrected chi connectivity index (χ4v) is 9.85. The van der Waals surface area contributed by atoms with Gasteiger partial charge in [0.05, 0.1) is 0 Å². The van der Waals surface area contributed by atoms with Crippen LogP contribution in [0.1, 0.15) is 49.9 Å². The maximum Gasteiger partial charge on any atom is 0.0159 e. The summed E-state index contributed by atoms with van der Waals surface area (Å²) in [5, 5.41) is 10.4. The van der Waals surface area contributed by atoms with Crippen LogP contribution >= 0.6 is 0 Å². The third kappa shape index (κ3) is 3.93. The van der Waals surface area contributed by atoms with Crippen molar-refractivity contribution in [2.45, 2.75) is 38.5 Å². The normalized spacial score (nSPS) is 14.8. The van der Waals surface area contributed by atoms with E-state index in [1.54, 1.807) is 0 Å². The van der Waals surface area contributed by atoms with Gasteiger partial charge in [-0.2, -0.15) is 0 Å². The molecule has 0 heterocycles. The van der Waals surface area contributed by atoms with Gasteiger partial charge in [-0.25, -0.2) is 0 Å². The lowest BCUT2D eigenvalue weighted by Crippen LogP contribution is -2.17. The van der Waals surface area contributed by atoms with Crippen molar-refractivity contribution in [2.24, 2.45) is 0 Å². The molecule has 11 rings (SSSR count). The van der Waals surface area contributed by atoms with Crippen LogP contribution in [0.25, 0.3) is 87.6 Å². The number of benzene rings is 9. The second kappa shape index (κ2) is 10.3. The second-order valence-electron chi connectivity index (χ2n) is 16.1. The number of hydrogen-bond acceptors (Lipinski definition) is 0. The third-order valence-electron chi connectivity index (χ3n) is 12.6. The van der Waals surface area contributed by atoms with Crippen LogP contribution in [-0.4, -0.2) is 0 Å². The molecule has 0 amide bonds. The maximum atomic E-state index is 2.57. The first-order chi connectivity index (χ1) is 25.3. The molecule has 0 aliphatic heterocycles. The van der Waals surface area contributed by atoms with E-state index < -0.39 is 0 Å². The lowest BCUT2D eigenvalue weighted by molar-refractivity contribution is 0.652. The number of hydrogen-bond donors (Lipinski definition) is 0. The van der Waals surface area contributed by atoms with Crippen LogP contribution in [0, 0.1) is 0 Å². The minimum atomic E-state index is -0.164. The monoisotopic (exact) mass is 662 g/mol. The van der Waals surface area contributed by atoms with Gasteiger partial charge >= 0.3 is 0 Å². The molecule has 0 heteroatoms. The number of rotatable bonds is 2. The zero-order valence-electron chi connectivity index (χ0n) is 30.0. The van der Waals surface area contributed by atoms with Crippen LogP contribution in [0.2, 0.25) is 0 Å². The molecule has 0 N–H and O–H groups in total. The lowest BCUT2D eigenvalue weighted by atomic mass is 9.78. The molecular weight excluding hydrogens is 625 g/mol. The molecule has 0 bridgehead atoms. The Morgan fingerprint density at radius 1 is 0.288 bits per heavy atom. The van der Waals surface area contributed by atoms with Crippen molar-refractivity contribution in [1.29, 1.82) is 0 Å². The third-order valence-corrected chi connectivity index (χ3v) is 12.6. The van der Waals surface area contributed by atoms with Gasteiger partial charge < -0.3 is 0 Å². The van der Waals surface area contributed by atoms with Crippen molar-refractivity contribution in [3.8, 4) is 44.5 Å². The molecule has 246 valence electrons. The van der Waals surface area contributed by atoms with Crippen molar-refractivity contribution >= 4 is 43.1 Å². The number of fused-ring (bicyclic) bond motifs is 12. The minimum absolute atomic E-state index is 0.164. The first-order valence-corrected chi connectivity index (χ1v) is 18.6. The van der Waals surface area contributed by atoms with Crippen molar-refractivity contribution in [2.75, 3.05) is 0 Å². The Morgan fingerprint density at radius 2 is 0.635 bits per heavy atom. The molecule has 0 saturated heterocycles. The average molecular weight is 663 g/mol. The Balaban J connectivity index is 1.15. The van der Waals surface area contributed by atoms with Crippen molar-refractivity contribution < 1.29 is 0 Å². The highest BCUT2D eigenvalue weighted by molar-refractivity contribution is 6.13. The van der Waals surface area contributed by atoms with Gasteiger partial charge in [0.15, 0.2) is 0 Å². The summed E-state index contributed by atoms with van der Waals surface area (Å²) in [5.74, 6) is 0. The summed E-state index contributed by atoms with van der Waals surface area (Å²) in [4.78, 5) is 0. The van der Waals surface area contributed by atoms with Gasteiger partial charge in [0, 0.05) is 10.8 Å². The SMILES string of the molecule is CC1(C)c2cc3c(cc2-c2c1cc(-c1ccc4ccccc4c1)c1ccccc21)C(C)(C)c1cc(-c2ccc4ccccc4c2)c2ccccc2c1-3. The highest BCUT2D eigenvalue weighted by Gasteiger charge is 2.43. The summed E-state index contributed by atoms with van der Waals surface area (Å²) in [6, 6.07) is 59.6. The van der Waals surface area contributed by atoms with Gasteiger partial charge in [-0.3, -0.25) is 0 Å². The van der Waals surface area contributed by atoms with E-state index in [4.69, 9.17) is 0 Å². The van der Waals surface area contributed by atoms with Crippen LogP contribution in [0.4, 0.5) is 0 Å². The smallest absolute Gasteiger partial charge is 0.0159 e. The fraction of sp³-hybridized carbons (Fsp3) is 0.115. The van der Waals surface area contributed by atoms with E-state index in [9.17, 15) is 0 Å². The molecule has 0 radical (unpaired) electrons. The van der Waals surface area contributed by atoms with Gasteiger partial charge in [-0.1, -0.05) is 149 Å². The molecule has 0 aromatic heterocycles. The molecule has 2 aliphatic carbocycles. The van der Waals surface area contributed by atoms with Crippen LogP contribution in [0.3, 0.4) is 0 Å². The fourth-order valence-electron chi connectivity index (χ4n) is 9.85. The Kier molecular flexibility index (Phi) is 5.89.